The molecule has 7 heteroatoms. The quantitative estimate of drug-likeness (QED) is 0.341. The molecule has 0 aromatic carbocycles. The molecule has 1 saturated heterocycles. The molecule has 1 aliphatic heterocycles. The molecular weight excluding hydrogens is 430 g/mol. The number of aliphatic imine (C=N–C) groups is 1. The molecular formula is C24H40ClN3O2S. The molecule has 7 atom stereocenters. The Labute approximate surface area is 196 Å². The number of hydrogen-bond donors (Lipinski definition) is 1. The minimum Gasteiger partial charge on any atom is -0.316 e. The topological polar surface area (TPSA) is 61.8 Å². The number of hydrogen-bond acceptors (Lipinski definition) is 4. The minimum atomic E-state index is -1.33. The van der Waals surface area contributed by atoms with Crippen molar-refractivity contribution in [3.05, 3.63) is 23.8 Å². The van der Waals surface area contributed by atoms with Gasteiger partial charge in [0.25, 0.3) is 0 Å². The lowest BCUT2D eigenvalue weighted by atomic mass is 9.63. The Hall–Kier alpha value is -0.820. The summed E-state index contributed by atoms with van der Waals surface area (Å²) < 4.78 is 14.0. The predicted molar refractivity (Wildman–Crippen MR) is 132 cm³/mol. The first-order chi connectivity index (χ1) is 14.8. The van der Waals surface area contributed by atoms with E-state index in [1.54, 1.807) is 11.2 Å². The van der Waals surface area contributed by atoms with E-state index in [-0.39, 0.29) is 5.92 Å². The zero-order chi connectivity index (χ0) is 23.0. The van der Waals surface area contributed by atoms with E-state index in [2.05, 4.69) is 37.8 Å². The molecule has 2 bridgehead atoms. The standard InChI is InChI=1S/C12H17ClN2O2S.C12H23N/c1-3-12(7-14-10(2)13)18(17)15-6-4-5-11(8-15)9-16;1-8-4-10-6-9(2)12(13-3)11(5-8)7-10/h3,7,9,11H,1,4-6,8H2,2H3;8-13H,4-7H2,1-3H3/b12-7+,14-10?;. The lowest BCUT2D eigenvalue weighted by Gasteiger charge is -2.46. The molecule has 0 radical (unpaired) electrons. The molecule has 3 rings (SSSR count). The van der Waals surface area contributed by atoms with E-state index in [4.69, 9.17) is 11.6 Å². The van der Waals surface area contributed by atoms with Crippen molar-refractivity contribution in [1.29, 1.82) is 0 Å². The van der Waals surface area contributed by atoms with Gasteiger partial charge in [-0.1, -0.05) is 38.1 Å². The number of carbonyl (C=O) groups is 1. The van der Waals surface area contributed by atoms with Crippen molar-refractivity contribution >= 4 is 34.0 Å². The molecule has 31 heavy (non-hydrogen) atoms. The summed E-state index contributed by atoms with van der Waals surface area (Å²) in [4.78, 5) is 15.2. The van der Waals surface area contributed by atoms with E-state index in [1.165, 1.54) is 38.0 Å². The van der Waals surface area contributed by atoms with Crippen LogP contribution in [0.4, 0.5) is 0 Å². The van der Waals surface area contributed by atoms with E-state index in [1.807, 2.05) is 0 Å². The van der Waals surface area contributed by atoms with Gasteiger partial charge < -0.3 is 10.1 Å². The second-order valence-corrected chi connectivity index (χ2v) is 11.5. The SMILES string of the molecule is C=C/C(=C\N=C(C)Cl)S(=O)N1CCCC(C=O)C1.CNC1C(C)CC2CC(C)CC1C2. The highest BCUT2D eigenvalue weighted by Gasteiger charge is 2.38. The highest BCUT2D eigenvalue weighted by molar-refractivity contribution is 7.86. The summed E-state index contributed by atoms with van der Waals surface area (Å²) in [5.74, 6) is 3.87. The lowest BCUT2D eigenvalue weighted by Crippen LogP contribution is -2.47. The number of nitrogens with one attached hydrogen (secondary N) is 1. The van der Waals surface area contributed by atoms with Gasteiger partial charge in [-0.2, -0.15) is 0 Å². The maximum absolute atomic E-state index is 12.3. The molecule has 5 nitrogen and oxygen atoms in total. The van der Waals surface area contributed by atoms with Gasteiger partial charge in [-0.3, -0.25) is 0 Å². The van der Waals surface area contributed by atoms with Gasteiger partial charge in [-0.15, -0.1) is 0 Å². The number of rotatable bonds is 6. The normalized spacial score (nSPS) is 35.5. The summed E-state index contributed by atoms with van der Waals surface area (Å²) in [6.45, 7) is 11.4. The van der Waals surface area contributed by atoms with E-state index >= 15 is 0 Å². The zero-order valence-electron chi connectivity index (χ0n) is 19.6. The van der Waals surface area contributed by atoms with Crippen LogP contribution in [0.25, 0.3) is 0 Å². The third kappa shape index (κ3) is 7.92. The number of carbonyl (C=O) groups excluding carboxylic acids is 1. The molecule has 3 fully saturated rings. The Morgan fingerprint density at radius 3 is 2.61 bits per heavy atom. The van der Waals surface area contributed by atoms with Crippen LogP contribution in [0.3, 0.4) is 0 Å². The Balaban J connectivity index is 0.000000231. The number of piperidine rings is 1. The van der Waals surface area contributed by atoms with Gasteiger partial charge >= 0.3 is 0 Å². The van der Waals surface area contributed by atoms with Crippen LogP contribution >= 0.6 is 11.6 Å². The first-order valence-electron chi connectivity index (χ1n) is 11.6. The smallest absolute Gasteiger partial charge is 0.129 e. The van der Waals surface area contributed by atoms with Crippen molar-refractivity contribution in [3.8, 4) is 0 Å². The molecule has 3 aliphatic rings. The third-order valence-electron chi connectivity index (χ3n) is 6.86. The fourth-order valence-electron chi connectivity index (χ4n) is 5.65. The van der Waals surface area contributed by atoms with Crippen LogP contribution in [0, 0.1) is 29.6 Å². The van der Waals surface area contributed by atoms with Crippen LogP contribution in [0.2, 0.25) is 0 Å². The lowest BCUT2D eigenvalue weighted by molar-refractivity contribution is -0.111. The van der Waals surface area contributed by atoms with E-state index in [0.717, 1.165) is 48.8 Å². The average molecular weight is 470 g/mol. The number of halogens is 1. The van der Waals surface area contributed by atoms with Gasteiger partial charge in [0.2, 0.25) is 0 Å². The minimum absolute atomic E-state index is 0.0352. The van der Waals surface area contributed by atoms with Crippen LogP contribution in [-0.4, -0.2) is 46.2 Å². The van der Waals surface area contributed by atoms with E-state index < -0.39 is 11.0 Å². The summed E-state index contributed by atoms with van der Waals surface area (Å²) in [6, 6.07) is 0.805. The summed E-state index contributed by atoms with van der Waals surface area (Å²) in [5.41, 5.74) is 0. The Kier molecular flexibility index (Phi) is 11.1. The predicted octanol–water partition coefficient (Wildman–Crippen LogP) is 4.91. The number of nitrogens with zero attached hydrogens (tertiary/aromatic N) is 2. The van der Waals surface area contributed by atoms with Gasteiger partial charge in [-0.25, -0.2) is 13.5 Å². The van der Waals surface area contributed by atoms with Crippen LogP contribution in [0.1, 0.15) is 59.3 Å². The molecule has 7 unspecified atom stereocenters. The zero-order valence-corrected chi connectivity index (χ0v) is 21.1. The molecule has 2 saturated carbocycles. The van der Waals surface area contributed by atoms with Crippen molar-refractivity contribution in [2.24, 2.45) is 34.6 Å². The first kappa shape index (κ1) is 26.4. The Morgan fingerprint density at radius 2 is 2.00 bits per heavy atom. The summed E-state index contributed by atoms with van der Waals surface area (Å²) >= 11 is 5.63. The van der Waals surface area contributed by atoms with E-state index in [0.29, 0.717) is 23.2 Å². The molecule has 176 valence electrons. The highest BCUT2D eigenvalue weighted by atomic mass is 35.5. The largest absolute Gasteiger partial charge is 0.316 e. The van der Waals surface area contributed by atoms with Gasteiger partial charge in [-0.05, 0) is 76.2 Å². The highest BCUT2D eigenvalue weighted by Crippen LogP contribution is 2.44. The van der Waals surface area contributed by atoms with Gasteiger partial charge in [0.15, 0.2) is 0 Å². The van der Waals surface area contributed by atoms with Crippen molar-refractivity contribution in [2.75, 3.05) is 20.1 Å². The fraction of sp³-hybridized carbons (Fsp3) is 0.750. The van der Waals surface area contributed by atoms with Crippen LogP contribution in [-0.2, 0) is 15.8 Å². The summed E-state index contributed by atoms with van der Waals surface area (Å²) in [6.07, 6.45) is 11.6. The second-order valence-electron chi connectivity index (χ2n) is 9.50. The fourth-order valence-corrected chi connectivity index (χ4v) is 6.91. The molecule has 1 heterocycles. The maximum Gasteiger partial charge on any atom is 0.129 e. The van der Waals surface area contributed by atoms with Crippen LogP contribution < -0.4 is 5.32 Å². The van der Waals surface area contributed by atoms with Crippen LogP contribution in [0.15, 0.2) is 28.8 Å². The van der Waals surface area contributed by atoms with Crippen molar-refractivity contribution in [3.63, 3.8) is 0 Å². The maximum atomic E-state index is 12.3. The molecule has 0 amide bonds. The van der Waals surface area contributed by atoms with Crippen molar-refractivity contribution < 1.29 is 9.00 Å². The van der Waals surface area contributed by atoms with Crippen molar-refractivity contribution in [1.82, 2.24) is 9.62 Å². The molecule has 0 aromatic heterocycles. The molecule has 0 aromatic rings. The summed E-state index contributed by atoms with van der Waals surface area (Å²) in [7, 11) is 0.808. The second kappa shape index (κ2) is 13.0. The molecule has 0 spiro atoms. The van der Waals surface area contributed by atoms with Gasteiger partial charge in [0.05, 0.1) is 4.91 Å². The number of fused-ring (bicyclic) bond motifs is 2. The van der Waals surface area contributed by atoms with Gasteiger partial charge in [0, 0.05) is 31.2 Å². The number of aldehydes is 1. The van der Waals surface area contributed by atoms with E-state index in [9.17, 15) is 9.00 Å². The molecule has 1 N–H and O–H groups in total. The third-order valence-corrected chi connectivity index (χ3v) is 8.43. The Bertz CT molecular complexity index is 688. The number of allylic oxidation sites excluding steroid dienone is 1. The Morgan fingerprint density at radius 1 is 1.26 bits per heavy atom. The van der Waals surface area contributed by atoms with Crippen molar-refractivity contribution in [2.45, 2.75) is 65.3 Å². The molecule has 2 aliphatic carbocycles. The van der Waals surface area contributed by atoms with Gasteiger partial charge in [0.1, 0.15) is 22.4 Å². The average Bonchev–Trinajstić information content (AvgIpc) is 2.74. The van der Waals surface area contributed by atoms with Crippen LogP contribution in [0.5, 0.6) is 0 Å². The monoisotopic (exact) mass is 469 g/mol. The summed E-state index contributed by atoms with van der Waals surface area (Å²) in [5, 5.41) is 3.90. The first-order valence-corrected chi connectivity index (χ1v) is 13.1.